The summed E-state index contributed by atoms with van der Waals surface area (Å²) in [7, 11) is 0. The van der Waals surface area contributed by atoms with E-state index in [1.807, 2.05) is 48.5 Å². The third kappa shape index (κ3) is 4.22. The van der Waals surface area contributed by atoms with Crippen LogP contribution in [0.1, 0.15) is 22.3 Å². The summed E-state index contributed by atoms with van der Waals surface area (Å²) >= 11 is 0. The van der Waals surface area contributed by atoms with Crippen LogP contribution >= 0.6 is 0 Å². The summed E-state index contributed by atoms with van der Waals surface area (Å²) in [5.41, 5.74) is 11.5. The average molecular weight is 640 g/mol. The van der Waals surface area contributed by atoms with Gasteiger partial charge in [0.15, 0.2) is 17.5 Å². The Kier molecular flexibility index (Phi) is 6.36. The van der Waals surface area contributed by atoms with Crippen LogP contribution in [0.4, 0.5) is 0 Å². The van der Waals surface area contributed by atoms with Gasteiger partial charge in [0, 0.05) is 27.8 Å². The Labute approximate surface area is 290 Å². The van der Waals surface area contributed by atoms with Gasteiger partial charge >= 0.3 is 0 Å². The van der Waals surface area contributed by atoms with Crippen LogP contribution in [0.15, 0.2) is 176 Å². The van der Waals surface area contributed by atoms with Crippen LogP contribution in [0.3, 0.4) is 0 Å². The van der Waals surface area contributed by atoms with E-state index in [4.69, 9.17) is 19.7 Å². The lowest BCUT2D eigenvalue weighted by Gasteiger charge is -2.39. The topological polar surface area (TPSA) is 47.9 Å². The summed E-state index contributed by atoms with van der Waals surface area (Å²) in [6, 6.07) is 61.2. The van der Waals surface area contributed by atoms with E-state index < -0.39 is 5.41 Å². The zero-order valence-electron chi connectivity index (χ0n) is 27.0. The van der Waals surface area contributed by atoms with E-state index in [2.05, 4.69) is 127 Å². The van der Waals surface area contributed by atoms with Gasteiger partial charge < -0.3 is 4.74 Å². The van der Waals surface area contributed by atoms with Crippen LogP contribution in [-0.2, 0) is 5.41 Å². The van der Waals surface area contributed by atoms with Gasteiger partial charge in [-0.1, -0.05) is 152 Å². The molecule has 0 atom stereocenters. The summed E-state index contributed by atoms with van der Waals surface area (Å²) in [4.78, 5) is 15.4. The first-order valence-electron chi connectivity index (χ1n) is 16.9. The van der Waals surface area contributed by atoms with Gasteiger partial charge in [-0.15, -0.1) is 0 Å². The van der Waals surface area contributed by atoms with Crippen molar-refractivity contribution in [3.8, 4) is 67.9 Å². The molecule has 2 aliphatic rings. The Morgan fingerprint density at radius 2 is 0.800 bits per heavy atom. The normalized spacial score (nSPS) is 13.1. The molecule has 1 aliphatic heterocycles. The number of fused-ring (bicyclic) bond motifs is 9. The lowest BCUT2D eigenvalue weighted by molar-refractivity contribution is 0.436. The molecule has 50 heavy (non-hydrogen) atoms. The van der Waals surface area contributed by atoms with Crippen molar-refractivity contribution in [1.29, 1.82) is 0 Å². The molecule has 1 spiro atoms. The molecule has 0 saturated carbocycles. The van der Waals surface area contributed by atoms with Crippen molar-refractivity contribution < 1.29 is 4.74 Å². The molecule has 0 fully saturated rings. The lowest BCUT2D eigenvalue weighted by Crippen LogP contribution is -2.32. The minimum absolute atomic E-state index is 0.578. The molecule has 8 aromatic rings. The molecule has 7 aromatic carbocycles. The molecule has 4 nitrogen and oxygen atoms in total. The molecule has 0 amide bonds. The quantitative estimate of drug-likeness (QED) is 0.192. The monoisotopic (exact) mass is 639 g/mol. The highest BCUT2D eigenvalue weighted by molar-refractivity contribution is 5.89. The molecule has 1 aliphatic carbocycles. The van der Waals surface area contributed by atoms with Gasteiger partial charge in [0.05, 0.1) is 5.41 Å². The second-order valence-electron chi connectivity index (χ2n) is 12.7. The lowest BCUT2D eigenvalue weighted by atomic mass is 9.66. The summed E-state index contributed by atoms with van der Waals surface area (Å²) < 4.78 is 6.68. The largest absolute Gasteiger partial charge is 0.457 e. The molecule has 0 unspecified atom stereocenters. The molecule has 0 radical (unpaired) electrons. The fourth-order valence-corrected chi connectivity index (χ4v) is 7.88. The van der Waals surface area contributed by atoms with Gasteiger partial charge in [0.2, 0.25) is 0 Å². The Morgan fingerprint density at radius 1 is 0.320 bits per heavy atom. The van der Waals surface area contributed by atoms with Crippen LogP contribution in [-0.4, -0.2) is 15.0 Å². The second kappa shape index (κ2) is 11.2. The standard InChI is InChI=1S/C46H29N3O/c1-3-15-30(16-4-1)33-19-7-8-22-36(33)45-48-43(31-17-5-2-6-18-31)47-44(49-45)32-27-28-42-40(29-32)46(39-25-13-14-26-41(39)50-42)37-23-11-9-20-34(37)35-21-10-12-24-38(35)46/h1-29H. The molecule has 2 heterocycles. The van der Waals surface area contributed by atoms with E-state index in [9.17, 15) is 0 Å². The summed E-state index contributed by atoms with van der Waals surface area (Å²) in [5, 5.41) is 0. The van der Waals surface area contributed by atoms with Crippen LogP contribution in [0.2, 0.25) is 0 Å². The number of ether oxygens (including phenoxy) is 1. The fourth-order valence-electron chi connectivity index (χ4n) is 7.88. The second-order valence-corrected chi connectivity index (χ2v) is 12.7. The van der Waals surface area contributed by atoms with Gasteiger partial charge in [-0.3, -0.25) is 0 Å². The molecule has 0 N–H and O–H groups in total. The number of para-hydroxylation sites is 1. The maximum atomic E-state index is 6.68. The summed E-state index contributed by atoms with van der Waals surface area (Å²) in [6.07, 6.45) is 0. The van der Waals surface area contributed by atoms with Crippen molar-refractivity contribution in [2.45, 2.75) is 5.41 Å². The smallest absolute Gasteiger partial charge is 0.164 e. The highest BCUT2D eigenvalue weighted by Crippen LogP contribution is 2.62. The minimum Gasteiger partial charge on any atom is -0.457 e. The molecular weight excluding hydrogens is 611 g/mol. The number of hydrogen-bond acceptors (Lipinski definition) is 4. The number of hydrogen-bond donors (Lipinski definition) is 0. The van der Waals surface area contributed by atoms with Crippen LogP contribution in [0.25, 0.3) is 56.4 Å². The van der Waals surface area contributed by atoms with Crippen molar-refractivity contribution in [3.63, 3.8) is 0 Å². The molecule has 1 aromatic heterocycles. The van der Waals surface area contributed by atoms with Crippen LogP contribution in [0, 0.1) is 0 Å². The number of rotatable bonds is 4. The Hall–Kier alpha value is -6.65. The number of benzene rings is 7. The van der Waals surface area contributed by atoms with Crippen LogP contribution in [0.5, 0.6) is 11.5 Å². The van der Waals surface area contributed by atoms with Crippen molar-refractivity contribution >= 4 is 0 Å². The van der Waals surface area contributed by atoms with Crippen molar-refractivity contribution in [1.82, 2.24) is 15.0 Å². The number of nitrogens with zero attached hydrogens (tertiary/aromatic N) is 3. The molecule has 10 rings (SSSR count). The Balaban J connectivity index is 1.23. The van der Waals surface area contributed by atoms with E-state index in [1.165, 1.54) is 22.3 Å². The van der Waals surface area contributed by atoms with Gasteiger partial charge in [-0.25, -0.2) is 15.0 Å². The van der Waals surface area contributed by atoms with Gasteiger partial charge in [0.1, 0.15) is 11.5 Å². The van der Waals surface area contributed by atoms with Gasteiger partial charge in [-0.2, -0.15) is 0 Å². The molecule has 234 valence electrons. The van der Waals surface area contributed by atoms with Crippen molar-refractivity contribution in [2.24, 2.45) is 0 Å². The number of aromatic nitrogens is 3. The third-order valence-corrected chi connectivity index (χ3v) is 10.0. The third-order valence-electron chi connectivity index (χ3n) is 10.0. The first kappa shape index (κ1) is 28.4. The fraction of sp³-hybridized carbons (Fsp3) is 0.0217. The van der Waals surface area contributed by atoms with Gasteiger partial charge in [0.25, 0.3) is 0 Å². The summed E-state index contributed by atoms with van der Waals surface area (Å²) in [5.74, 6) is 3.54. The maximum absolute atomic E-state index is 6.68. The summed E-state index contributed by atoms with van der Waals surface area (Å²) in [6.45, 7) is 0. The first-order chi connectivity index (χ1) is 24.8. The molecule has 0 saturated heterocycles. The van der Waals surface area contributed by atoms with E-state index in [-0.39, 0.29) is 0 Å². The Bertz CT molecular complexity index is 2530. The minimum atomic E-state index is -0.578. The van der Waals surface area contributed by atoms with E-state index in [1.54, 1.807) is 0 Å². The van der Waals surface area contributed by atoms with Crippen LogP contribution < -0.4 is 4.74 Å². The first-order valence-corrected chi connectivity index (χ1v) is 16.9. The predicted octanol–water partition coefficient (Wildman–Crippen LogP) is 11.0. The maximum Gasteiger partial charge on any atom is 0.164 e. The van der Waals surface area contributed by atoms with E-state index in [0.29, 0.717) is 17.5 Å². The van der Waals surface area contributed by atoms with Crippen molar-refractivity contribution in [3.05, 3.63) is 198 Å². The molecule has 0 bridgehead atoms. The Morgan fingerprint density at radius 3 is 1.48 bits per heavy atom. The highest BCUT2D eigenvalue weighted by atomic mass is 16.5. The molecule has 4 heteroatoms. The zero-order valence-corrected chi connectivity index (χ0v) is 27.0. The van der Waals surface area contributed by atoms with E-state index in [0.717, 1.165) is 50.4 Å². The van der Waals surface area contributed by atoms with E-state index >= 15 is 0 Å². The van der Waals surface area contributed by atoms with Crippen molar-refractivity contribution in [2.75, 3.05) is 0 Å². The van der Waals surface area contributed by atoms with Gasteiger partial charge in [-0.05, 0) is 57.6 Å². The zero-order chi connectivity index (χ0) is 33.1. The average Bonchev–Trinajstić information content (AvgIpc) is 3.49. The SMILES string of the molecule is c1ccc(-c2nc(-c3ccc4c(c3)C3(c5ccccc5O4)c4ccccc4-c4ccccc43)nc(-c3ccccc3-c3ccccc3)n2)cc1. The predicted molar refractivity (Wildman–Crippen MR) is 199 cm³/mol. The highest BCUT2D eigenvalue weighted by Gasteiger charge is 2.51. The molecular formula is C46H29N3O.